The number of furan rings is 1. The molecule has 0 unspecified atom stereocenters. The molecule has 8 heteroatoms. The molecule has 0 aliphatic rings. The van der Waals surface area contributed by atoms with E-state index < -0.39 is 0 Å². The van der Waals surface area contributed by atoms with Crippen LogP contribution in [0.25, 0.3) is 11.1 Å². The molecule has 0 aliphatic heterocycles. The Morgan fingerprint density at radius 3 is 2.82 bits per heavy atom. The van der Waals surface area contributed by atoms with Gasteiger partial charge in [-0.15, -0.1) is 0 Å². The summed E-state index contributed by atoms with van der Waals surface area (Å²) in [6, 6.07) is 5.09. The Hall–Kier alpha value is -3.03. The van der Waals surface area contributed by atoms with E-state index in [1.54, 1.807) is 54.0 Å². The first-order valence-corrected chi connectivity index (χ1v) is 6.65. The van der Waals surface area contributed by atoms with E-state index in [4.69, 9.17) is 4.42 Å². The maximum Gasteiger partial charge on any atom is 0.268 e. The van der Waals surface area contributed by atoms with Crippen molar-refractivity contribution in [1.29, 1.82) is 0 Å². The molecule has 8 nitrogen and oxygen atoms in total. The summed E-state index contributed by atoms with van der Waals surface area (Å²) in [5.41, 5.74) is 1.88. The highest BCUT2D eigenvalue weighted by Gasteiger charge is 2.15. The third-order valence-electron chi connectivity index (χ3n) is 3.29. The Kier molecular flexibility index (Phi) is 3.42. The van der Waals surface area contributed by atoms with Gasteiger partial charge in [0, 0.05) is 38.5 Å². The first kappa shape index (κ1) is 13.9. The molecule has 0 radical (unpaired) electrons. The van der Waals surface area contributed by atoms with Gasteiger partial charge >= 0.3 is 0 Å². The normalized spacial score (nSPS) is 10.8. The fourth-order valence-electron chi connectivity index (χ4n) is 2.19. The van der Waals surface area contributed by atoms with Gasteiger partial charge in [0.15, 0.2) is 11.4 Å². The van der Waals surface area contributed by atoms with E-state index >= 15 is 0 Å². The van der Waals surface area contributed by atoms with Crippen LogP contribution in [0.4, 0.5) is 5.82 Å². The average molecular weight is 301 g/mol. The van der Waals surface area contributed by atoms with Crippen LogP contribution >= 0.6 is 0 Å². The number of amides is 2. The largest absolute Gasteiger partial charge is 0.463 e. The van der Waals surface area contributed by atoms with Crippen LogP contribution in [0.3, 0.4) is 0 Å². The number of carbonyl (C=O) groups is 2. The van der Waals surface area contributed by atoms with Gasteiger partial charge in [-0.3, -0.25) is 14.3 Å². The number of nitrogens with one attached hydrogen (secondary N) is 2. The van der Waals surface area contributed by atoms with Gasteiger partial charge in [-0.1, -0.05) is 0 Å². The summed E-state index contributed by atoms with van der Waals surface area (Å²) in [5.74, 6) is -0.242. The summed E-state index contributed by atoms with van der Waals surface area (Å²) < 4.78 is 8.54. The molecule has 0 aliphatic carbocycles. The molecule has 3 aromatic rings. The van der Waals surface area contributed by atoms with Crippen molar-refractivity contribution >= 4 is 28.7 Å². The van der Waals surface area contributed by atoms with Crippen LogP contribution in [0.2, 0.25) is 0 Å². The van der Waals surface area contributed by atoms with Crippen LogP contribution in [0.15, 0.2) is 35.1 Å². The van der Waals surface area contributed by atoms with Crippen molar-refractivity contribution in [3.63, 3.8) is 0 Å². The van der Waals surface area contributed by atoms with E-state index in [1.807, 2.05) is 0 Å². The zero-order chi connectivity index (χ0) is 15.7. The number of aromatic nitrogens is 3. The number of carbonyl (C=O) groups excluding carboxylic acids is 2. The van der Waals surface area contributed by atoms with Gasteiger partial charge in [0.25, 0.3) is 5.91 Å². The van der Waals surface area contributed by atoms with Gasteiger partial charge in [-0.2, -0.15) is 5.10 Å². The van der Waals surface area contributed by atoms with Gasteiger partial charge in [0.2, 0.25) is 5.91 Å². The molecule has 3 rings (SSSR count). The topological polar surface area (TPSA) is 94.1 Å². The Morgan fingerprint density at radius 2 is 2.14 bits per heavy atom. The number of anilines is 1. The number of fused-ring (bicyclic) bond motifs is 1. The van der Waals surface area contributed by atoms with Gasteiger partial charge < -0.3 is 19.6 Å². The lowest BCUT2D eigenvalue weighted by atomic mass is 10.4. The van der Waals surface area contributed by atoms with Crippen LogP contribution in [0, 0.1) is 0 Å². The molecule has 0 atom stereocenters. The van der Waals surface area contributed by atoms with E-state index in [9.17, 15) is 9.59 Å². The van der Waals surface area contributed by atoms with Crippen molar-refractivity contribution in [3.05, 3.63) is 36.4 Å². The molecule has 3 heterocycles. The maximum atomic E-state index is 12.1. The number of nitrogens with zero attached hydrogens (tertiary/aromatic N) is 3. The Morgan fingerprint density at radius 1 is 1.32 bits per heavy atom. The van der Waals surface area contributed by atoms with Crippen molar-refractivity contribution in [2.24, 2.45) is 14.1 Å². The van der Waals surface area contributed by atoms with E-state index in [-0.39, 0.29) is 18.4 Å². The lowest BCUT2D eigenvalue weighted by molar-refractivity contribution is -0.115. The van der Waals surface area contributed by atoms with Gasteiger partial charge in [0.1, 0.15) is 5.69 Å². The van der Waals surface area contributed by atoms with Crippen LogP contribution in [0.5, 0.6) is 0 Å². The molecular formula is C14H15N5O3. The van der Waals surface area contributed by atoms with Crippen LogP contribution in [-0.4, -0.2) is 32.7 Å². The number of aryl methyl sites for hydroxylation is 2. The van der Waals surface area contributed by atoms with Crippen LogP contribution < -0.4 is 10.6 Å². The standard InChI is InChI=1S/C14H15N5O3/c1-18-5-3-12(17-18)16-13(20)8-15-14(21)10-7-11-9(19(10)2)4-6-22-11/h3-7H,8H2,1-2H3,(H,15,21)(H,16,17,20). The van der Waals surface area contributed by atoms with Crippen molar-refractivity contribution in [2.75, 3.05) is 11.9 Å². The minimum atomic E-state index is -0.343. The van der Waals surface area contributed by atoms with E-state index in [0.717, 1.165) is 5.52 Å². The molecule has 0 bridgehead atoms. The SMILES string of the molecule is Cn1ccc(NC(=O)CNC(=O)c2cc3occc3n2C)n1. The summed E-state index contributed by atoms with van der Waals surface area (Å²) in [5, 5.41) is 9.19. The predicted octanol–water partition coefficient (Wildman–Crippen LogP) is 0.873. The molecule has 0 fully saturated rings. The molecule has 22 heavy (non-hydrogen) atoms. The Balaban J connectivity index is 1.61. The molecule has 2 amide bonds. The van der Waals surface area contributed by atoms with Gasteiger partial charge in [-0.05, 0) is 0 Å². The van der Waals surface area contributed by atoms with Crippen LogP contribution in [0.1, 0.15) is 10.5 Å². The summed E-state index contributed by atoms with van der Waals surface area (Å²) in [6.45, 7) is -0.137. The maximum absolute atomic E-state index is 12.1. The summed E-state index contributed by atoms with van der Waals surface area (Å²) in [7, 11) is 3.52. The van der Waals surface area contributed by atoms with Crippen molar-refractivity contribution < 1.29 is 14.0 Å². The fraction of sp³-hybridized carbons (Fsp3) is 0.214. The second-order valence-corrected chi connectivity index (χ2v) is 4.86. The van der Waals surface area contributed by atoms with Gasteiger partial charge in [0.05, 0.1) is 18.3 Å². The smallest absolute Gasteiger partial charge is 0.268 e. The first-order valence-electron chi connectivity index (χ1n) is 6.65. The second-order valence-electron chi connectivity index (χ2n) is 4.86. The molecule has 0 saturated carbocycles. The molecular weight excluding hydrogens is 286 g/mol. The second kappa shape index (κ2) is 5.40. The summed E-state index contributed by atoms with van der Waals surface area (Å²) in [4.78, 5) is 23.9. The lowest BCUT2D eigenvalue weighted by Gasteiger charge is -2.06. The van der Waals surface area contributed by atoms with E-state index in [0.29, 0.717) is 17.1 Å². The third-order valence-corrected chi connectivity index (χ3v) is 3.29. The zero-order valence-electron chi connectivity index (χ0n) is 12.2. The Bertz CT molecular complexity index is 842. The summed E-state index contributed by atoms with van der Waals surface area (Å²) in [6.07, 6.45) is 3.28. The lowest BCUT2D eigenvalue weighted by Crippen LogP contribution is -2.33. The molecule has 3 aromatic heterocycles. The minimum absolute atomic E-state index is 0.137. The Labute approximate surface area is 125 Å². The van der Waals surface area contributed by atoms with Crippen molar-refractivity contribution in [3.8, 4) is 0 Å². The van der Waals surface area contributed by atoms with Gasteiger partial charge in [-0.25, -0.2) is 0 Å². The summed E-state index contributed by atoms with van der Waals surface area (Å²) >= 11 is 0. The number of hydrogen-bond donors (Lipinski definition) is 2. The molecule has 0 saturated heterocycles. The number of hydrogen-bond acceptors (Lipinski definition) is 4. The van der Waals surface area contributed by atoms with Crippen LogP contribution in [-0.2, 0) is 18.9 Å². The quantitative estimate of drug-likeness (QED) is 0.747. The zero-order valence-corrected chi connectivity index (χ0v) is 12.2. The highest BCUT2D eigenvalue weighted by molar-refractivity contribution is 6.00. The molecule has 0 aromatic carbocycles. The molecule has 0 spiro atoms. The fourth-order valence-corrected chi connectivity index (χ4v) is 2.19. The predicted molar refractivity (Wildman–Crippen MR) is 79.4 cm³/mol. The van der Waals surface area contributed by atoms with Crippen molar-refractivity contribution in [1.82, 2.24) is 19.7 Å². The average Bonchev–Trinajstić information content (AvgIpc) is 3.16. The van der Waals surface area contributed by atoms with E-state index in [1.165, 1.54) is 0 Å². The monoisotopic (exact) mass is 301 g/mol. The minimum Gasteiger partial charge on any atom is -0.463 e. The third kappa shape index (κ3) is 2.58. The highest BCUT2D eigenvalue weighted by atomic mass is 16.3. The number of rotatable bonds is 4. The van der Waals surface area contributed by atoms with Crippen molar-refractivity contribution in [2.45, 2.75) is 0 Å². The highest BCUT2D eigenvalue weighted by Crippen LogP contribution is 2.19. The first-order chi connectivity index (χ1) is 10.5. The molecule has 2 N–H and O–H groups in total. The molecule has 114 valence electrons. The van der Waals surface area contributed by atoms with E-state index in [2.05, 4.69) is 15.7 Å².